The Morgan fingerprint density at radius 1 is 1.16 bits per heavy atom. The minimum absolute atomic E-state index is 0.108. The van der Waals surface area contributed by atoms with Gasteiger partial charge in [-0.25, -0.2) is 15.0 Å². The molecule has 100 valence electrons. The van der Waals surface area contributed by atoms with E-state index in [0.717, 1.165) is 29.5 Å². The van der Waals surface area contributed by atoms with Crippen LogP contribution < -0.4 is 5.73 Å². The van der Waals surface area contributed by atoms with Crippen molar-refractivity contribution in [2.24, 2.45) is 0 Å². The molecule has 0 aliphatic heterocycles. The van der Waals surface area contributed by atoms with Crippen LogP contribution in [0.3, 0.4) is 0 Å². The lowest BCUT2D eigenvalue weighted by Gasteiger charge is -2.08. The van der Waals surface area contributed by atoms with Crippen molar-refractivity contribution in [3.05, 3.63) is 35.7 Å². The van der Waals surface area contributed by atoms with Crippen LogP contribution in [0.25, 0.3) is 0 Å². The molecule has 0 aromatic carbocycles. The number of anilines is 1. The molecule has 2 aromatic heterocycles. The Morgan fingerprint density at radius 2 is 1.79 bits per heavy atom. The molecule has 0 radical (unpaired) electrons. The standard InChI is InChI=1S/C11H9F3N4S/c1-6-4-16-10(17-5-6)19-9-3-7(11(12,13)14)2-8(15)18-9/h2-5H,1H3,(H2,15,18). The van der Waals surface area contributed by atoms with Gasteiger partial charge in [0.2, 0.25) is 0 Å². The van der Waals surface area contributed by atoms with Gasteiger partial charge in [0.05, 0.1) is 5.56 Å². The number of rotatable bonds is 2. The third-order valence-corrected chi connectivity index (χ3v) is 2.91. The maximum Gasteiger partial charge on any atom is 0.416 e. The van der Waals surface area contributed by atoms with E-state index in [9.17, 15) is 13.2 Å². The molecule has 19 heavy (non-hydrogen) atoms. The van der Waals surface area contributed by atoms with Gasteiger partial charge < -0.3 is 5.73 Å². The van der Waals surface area contributed by atoms with Gasteiger partial charge in [-0.05, 0) is 36.4 Å². The van der Waals surface area contributed by atoms with E-state index in [0.29, 0.717) is 5.16 Å². The number of hydrogen-bond donors (Lipinski definition) is 1. The van der Waals surface area contributed by atoms with E-state index in [2.05, 4.69) is 15.0 Å². The maximum absolute atomic E-state index is 12.6. The van der Waals surface area contributed by atoms with Crippen molar-refractivity contribution in [1.82, 2.24) is 15.0 Å². The summed E-state index contributed by atoms with van der Waals surface area (Å²) in [6, 6.07) is 1.71. The van der Waals surface area contributed by atoms with E-state index >= 15 is 0 Å². The predicted octanol–water partition coefficient (Wildman–Crippen LogP) is 2.93. The fraction of sp³-hybridized carbons (Fsp3) is 0.182. The molecule has 0 aliphatic carbocycles. The van der Waals surface area contributed by atoms with Gasteiger partial charge in [-0.2, -0.15) is 13.2 Å². The molecule has 0 saturated heterocycles. The number of halogens is 3. The van der Waals surface area contributed by atoms with Gasteiger partial charge in [0.1, 0.15) is 10.8 Å². The van der Waals surface area contributed by atoms with E-state index in [1.807, 2.05) is 6.92 Å². The molecule has 2 heterocycles. The van der Waals surface area contributed by atoms with Crippen molar-refractivity contribution >= 4 is 17.6 Å². The van der Waals surface area contributed by atoms with Crippen LogP contribution in [0.2, 0.25) is 0 Å². The summed E-state index contributed by atoms with van der Waals surface area (Å²) in [5.41, 5.74) is 5.39. The first kappa shape index (κ1) is 13.6. The molecule has 8 heteroatoms. The molecule has 0 spiro atoms. The van der Waals surface area contributed by atoms with Crippen molar-refractivity contribution in [1.29, 1.82) is 0 Å². The van der Waals surface area contributed by atoms with Crippen LogP contribution in [0, 0.1) is 6.92 Å². The minimum atomic E-state index is -4.46. The summed E-state index contributed by atoms with van der Waals surface area (Å²) in [6.07, 6.45) is -1.31. The number of aryl methyl sites for hydroxylation is 1. The number of nitrogens with two attached hydrogens (primary N) is 1. The first-order valence-corrected chi connectivity index (χ1v) is 5.97. The van der Waals surface area contributed by atoms with Gasteiger partial charge >= 0.3 is 6.18 Å². The molecular formula is C11H9F3N4S. The SMILES string of the molecule is Cc1cnc(Sc2cc(C(F)(F)F)cc(N)n2)nc1. The van der Waals surface area contributed by atoms with Crippen molar-refractivity contribution in [2.75, 3.05) is 5.73 Å². The number of hydrogen-bond acceptors (Lipinski definition) is 5. The molecule has 0 bridgehead atoms. The quantitative estimate of drug-likeness (QED) is 0.860. The highest BCUT2D eigenvalue weighted by atomic mass is 32.2. The molecule has 0 unspecified atom stereocenters. The summed E-state index contributed by atoms with van der Waals surface area (Å²) in [7, 11) is 0. The molecule has 2 aromatic rings. The Hall–Kier alpha value is -1.83. The van der Waals surface area contributed by atoms with Gasteiger partial charge in [-0.1, -0.05) is 0 Å². The predicted molar refractivity (Wildman–Crippen MR) is 64.5 cm³/mol. The van der Waals surface area contributed by atoms with Gasteiger partial charge in [0, 0.05) is 12.4 Å². The number of nitrogen functional groups attached to an aromatic ring is 1. The molecule has 2 rings (SSSR count). The molecule has 0 amide bonds. The highest BCUT2D eigenvalue weighted by Gasteiger charge is 2.31. The Kier molecular flexibility index (Phi) is 3.61. The fourth-order valence-corrected chi connectivity index (χ4v) is 2.00. The zero-order chi connectivity index (χ0) is 14.0. The second-order valence-corrected chi connectivity index (χ2v) is 4.75. The summed E-state index contributed by atoms with van der Waals surface area (Å²) >= 11 is 0.927. The third kappa shape index (κ3) is 3.57. The van der Waals surface area contributed by atoms with Crippen LogP contribution in [0.1, 0.15) is 11.1 Å². The lowest BCUT2D eigenvalue weighted by atomic mass is 10.2. The molecule has 0 aliphatic rings. The highest BCUT2D eigenvalue weighted by Crippen LogP contribution is 2.33. The Morgan fingerprint density at radius 3 is 2.37 bits per heavy atom. The van der Waals surface area contributed by atoms with E-state index in [1.165, 1.54) is 0 Å². The second kappa shape index (κ2) is 5.04. The second-order valence-electron chi connectivity index (χ2n) is 3.76. The van der Waals surface area contributed by atoms with E-state index in [-0.39, 0.29) is 10.8 Å². The molecule has 0 fully saturated rings. The van der Waals surface area contributed by atoms with Crippen LogP contribution in [0.5, 0.6) is 0 Å². The summed E-state index contributed by atoms with van der Waals surface area (Å²) in [5.74, 6) is -0.190. The van der Waals surface area contributed by atoms with Gasteiger partial charge in [0.15, 0.2) is 5.16 Å². The molecular weight excluding hydrogens is 277 g/mol. The number of alkyl halides is 3. The summed E-state index contributed by atoms with van der Waals surface area (Å²) < 4.78 is 37.8. The van der Waals surface area contributed by atoms with Crippen LogP contribution >= 0.6 is 11.8 Å². The minimum Gasteiger partial charge on any atom is -0.384 e. The van der Waals surface area contributed by atoms with E-state index < -0.39 is 11.7 Å². The fourth-order valence-electron chi connectivity index (χ4n) is 1.27. The third-order valence-electron chi connectivity index (χ3n) is 2.10. The van der Waals surface area contributed by atoms with Crippen LogP contribution in [0.15, 0.2) is 34.7 Å². The zero-order valence-electron chi connectivity index (χ0n) is 9.77. The lowest BCUT2D eigenvalue weighted by Crippen LogP contribution is -2.07. The van der Waals surface area contributed by atoms with Crippen molar-refractivity contribution in [3.63, 3.8) is 0 Å². The van der Waals surface area contributed by atoms with Crippen molar-refractivity contribution < 1.29 is 13.2 Å². The smallest absolute Gasteiger partial charge is 0.384 e. The first-order valence-electron chi connectivity index (χ1n) is 5.16. The van der Waals surface area contributed by atoms with Gasteiger partial charge in [-0.15, -0.1) is 0 Å². The molecule has 4 nitrogen and oxygen atoms in total. The first-order chi connectivity index (χ1) is 8.84. The summed E-state index contributed by atoms with van der Waals surface area (Å²) in [4.78, 5) is 11.8. The largest absolute Gasteiger partial charge is 0.416 e. The van der Waals surface area contributed by atoms with E-state index in [1.54, 1.807) is 12.4 Å². The Bertz CT molecular complexity index is 583. The Balaban J connectivity index is 2.30. The average molecular weight is 286 g/mol. The maximum atomic E-state index is 12.6. The number of aromatic nitrogens is 3. The Labute approximate surface area is 111 Å². The molecule has 0 saturated carbocycles. The average Bonchev–Trinajstić information content (AvgIpc) is 2.30. The van der Waals surface area contributed by atoms with Gasteiger partial charge in [-0.3, -0.25) is 0 Å². The number of pyridine rings is 1. The molecule has 0 atom stereocenters. The van der Waals surface area contributed by atoms with Crippen LogP contribution in [0.4, 0.5) is 19.0 Å². The zero-order valence-corrected chi connectivity index (χ0v) is 10.6. The van der Waals surface area contributed by atoms with Crippen LogP contribution in [-0.2, 0) is 6.18 Å². The normalized spacial score (nSPS) is 11.6. The van der Waals surface area contributed by atoms with Gasteiger partial charge in [0.25, 0.3) is 0 Å². The topological polar surface area (TPSA) is 64.7 Å². The van der Waals surface area contributed by atoms with Crippen LogP contribution in [-0.4, -0.2) is 15.0 Å². The summed E-state index contributed by atoms with van der Waals surface area (Å²) in [5, 5.41) is 0.424. The summed E-state index contributed by atoms with van der Waals surface area (Å²) in [6.45, 7) is 1.81. The van der Waals surface area contributed by atoms with Crippen molar-refractivity contribution in [2.45, 2.75) is 23.3 Å². The van der Waals surface area contributed by atoms with E-state index in [4.69, 9.17) is 5.73 Å². The van der Waals surface area contributed by atoms with Crippen molar-refractivity contribution in [3.8, 4) is 0 Å². The number of nitrogens with zero attached hydrogens (tertiary/aromatic N) is 3. The lowest BCUT2D eigenvalue weighted by molar-refractivity contribution is -0.137. The monoisotopic (exact) mass is 286 g/mol. The highest BCUT2D eigenvalue weighted by molar-refractivity contribution is 7.99. The molecule has 2 N–H and O–H groups in total.